The molecule has 0 saturated carbocycles. The van der Waals surface area contributed by atoms with Gasteiger partial charge in [0, 0.05) is 17.8 Å². The largest absolute Gasteiger partial charge is 0.478 e. The van der Waals surface area contributed by atoms with E-state index in [4.69, 9.17) is 10.2 Å². The molecule has 0 saturated heterocycles. The zero-order chi connectivity index (χ0) is 14.0. The summed E-state index contributed by atoms with van der Waals surface area (Å²) in [5.41, 5.74) is 0.00520. The van der Waals surface area contributed by atoms with E-state index in [0.29, 0.717) is 5.56 Å². The molecule has 0 fully saturated rings. The summed E-state index contributed by atoms with van der Waals surface area (Å²) in [6.45, 7) is 0. The fourth-order valence-corrected chi connectivity index (χ4v) is 1.71. The fraction of sp³-hybridized carbons (Fsp3) is 0. The molecule has 1 heterocycles. The third kappa shape index (κ3) is 2.52. The monoisotopic (exact) mass is 259 g/mol. The van der Waals surface area contributed by atoms with Crippen molar-refractivity contribution in [3.63, 3.8) is 0 Å². The van der Waals surface area contributed by atoms with Gasteiger partial charge < -0.3 is 15.2 Å². The van der Waals surface area contributed by atoms with Crippen LogP contribution in [0.3, 0.4) is 0 Å². The van der Waals surface area contributed by atoms with Crippen molar-refractivity contribution in [2.45, 2.75) is 0 Å². The number of nitrogens with one attached hydrogen (secondary N) is 1. The van der Waals surface area contributed by atoms with Crippen LogP contribution in [-0.2, 0) is 0 Å². The lowest BCUT2D eigenvalue weighted by atomic mass is 10.0. The summed E-state index contributed by atoms with van der Waals surface area (Å²) < 4.78 is 0. The minimum absolute atomic E-state index is 0.0417. The van der Waals surface area contributed by atoms with Crippen molar-refractivity contribution < 1.29 is 19.8 Å². The maximum atomic E-state index is 11.1. The lowest BCUT2D eigenvalue weighted by molar-refractivity contribution is 0.0687. The van der Waals surface area contributed by atoms with Crippen molar-refractivity contribution in [3.05, 3.63) is 58.0 Å². The van der Waals surface area contributed by atoms with Gasteiger partial charge in [0.25, 0.3) is 0 Å². The van der Waals surface area contributed by atoms with E-state index in [0.717, 1.165) is 6.07 Å². The molecular weight excluding hydrogens is 250 g/mol. The predicted molar refractivity (Wildman–Crippen MR) is 66.4 cm³/mol. The normalized spacial score (nSPS) is 10.1. The maximum Gasteiger partial charge on any atom is 0.336 e. The first-order valence-electron chi connectivity index (χ1n) is 5.29. The molecule has 0 bridgehead atoms. The highest BCUT2D eigenvalue weighted by Gasteiger charge is 2.13. The molecule has 0 radical (unpaired) electrons. The van der Waals surface area contributed by atoms with Gasteiger partial charge in [-0.2, -0.15) is 0 Å². The van der Waals surface area contributed by atoms with Crippen molar-refractivity contribution in [3.8, 4) is 11.1 Å². The van der Waals surface area contributed by atoms with Crippen LogP contribution in [0.25, 0.3) is 11.1 Å². The Bertz CT molecular complexity index is 717. The fourth-order valence-electron chi connectivity index (χ4n) is 1.71. The quantitative estimate of drug-likeness (QED) is 0.773. The van der Waals surface area contributed by atoms with Crippen LogP contribution in [-0.4, -0.2) is 27.1 Å². The van der Waals surface area contributed by atoms with E-state index in [-0.39, 0.29) is 16.7 Å². The van der Waals surface area contributed by atoms with Crippen molar-refractivity contribution in [2.75, 3.05) is 0 Å². The number of hydrogen-bond donors (Lipinski definition) is 3. The minimum atomic E-state index is -1.25. The number of benzene rings is 1. The molecule has 96 valence electrons. The van der Waals surface area contributed by atoms with Gasteiger partial charge in [-0.3, -0.25) is 4.79 Å². The van der Waals surface area contributed by atoms with Gasteiger partial charge in [-0.15, -0.1) is 0 Å². The van der Waals surface area contributed by atoms with Crippen LogP contribution >= 0.6 is 0 Å². The molecule has 2 aromatic rings. The molecule has 6 heteroatoms. The molecule has 0 aliphatic heterocycles. The summed E-state index contributed by atoms with van der Waals surface area (Å²) in [6.07, 6.45) is 1.26. The molecule has 3 N–H and O–H groups in total. The third-order valence-corrected chi connectivity index (χ3v) is 2.58. The number of aromatic amines is 1. The Balaban J connectivity index is 2.65. The molecule has 6 nitrogen and oxygen atoms in total. The van der Waals surface area contributed by atoms with E-state index in [1.54, 1.807) is 6.07 Å². The molecule has 0 amide bonds. The van der Waals surface area contributed by atoms with Gasteiger partial charge in [0.2, 0.25) is 5.56 Å². The Morgan fingerprint density at radius 2 is 1.79 bits per heavy atom. The Hall–Kier alpha value is -2.89. The highest BCUT2D eigenvalue weighted by Crippen LogP contribution is 2.23. The van der Waals surface area contributed by atoms with Crippen molar-refractivity contribution in [2.24, 2.45) is 0 Å². The van der Waals surface area contributed by atoms with Crippen molar-refractivity contribution in [1.29, 1.82) is 0 Å². The molecule has 0 spiro atoms. The van der Waals surface area contributed by atoms with Gasteiger partial charge in [-0.25, -0.2) is 9.59 Å². The van der Waals surface area contributed by atoms with E-state index in [1.165, 1.54) is 24.4 Å². The van der Waals surface area contributed by atoms with Gasteiger partial charge in [0.1, 0.15) is 0 Å². The lowest BCUT2D eigenvalue weighted by Crippen LogP contribution is -2.10. The van der Waals surface area contributed by atoms with Crippen LogP contribution in [0.15, 0.2) is 41.3 Å². The van der Waals surface area contributed by atoms with Crippen LogP contribution in [0.1, 0.15) is 20.7 Å². The summed E-state index contributed by atoms with van der Waals surface area (Å²) >= 11 is 0. The second kappa shape index (κ2) is 4.77. The van der Waals surface area contributed by atoms with Gasteiger partial charge in [-0.05, 0) is 17.7 Å². The van der Waals surface area contributed by atoms with Crippen LogP contribution in [0.5, 0.6) is 0 Å². The van der Waals surface area contributed by atoms with Gasteiger partial charge in [0.15, 0.2) is 0 Å². The SMILES string of the molecule is O=C(O)c1cccc(-c2c[nH]c(=O)cc2C(=O)O)c1. The summed E-state index contributed by atoms with van der Waals surface area (Å²) in [5.74, 6) is -2.36. The maximum absolute atomic E-state index is 11.1. The molecule has 2 rings (SSSR count). The summed E-state index contributed by atoms with van der Waals surface area (Å²) in [6, 6.07) is 6.80. The summed E-state index contributed by atoms with van der Waals surface area (Å²) in [7, 11) is 0. The van der Waals surface area contributed by atoms with Crippen LogP contribution in [0.4, 0.5) is 0 Å². The van der Waals surface area contributed by atoms with Crippen molar-refractivity contribution in [1.82, 2.24) is 4.98 Å². The zero-order valence-electron chi connectivity index (χ0n) is 9.58. The average Bonchev–Trinajstić information content (AvgIpc) is 2.38. The number of pyridine rings is 1. The molecule has 0 aliphatic rings. The first-order valence-corrected chi connectivity index (χ1v) is 5.29. The highest BCUT2D eigenvalue weighted by molar-refractivity contribution is 5.97. The van der Waals surface area contributed by atoms with E-state index in [1.807, 2.05) is 0 Å². The molecule has 0 unspecified atom stereocenters. The molecule has 1 aromatic heterocycles. The van der Waals surface area contributed by atoms with Gasteiger partial charge in [-0.1, -0.05) is 12.1 Å². The smallest absolute Gasteiger partial charge is 0.336 e. The standard InChI is InChI=1S/C13H9NO5/c15-11-5-9(13(18)19)10(6-14-11)7-2-1-3-8(4-7)12(16)17/h1-6H,(H,14,15)(H,16,17)(H,18,19). The lowest BCUT2D eigenvalue weighted by Gasteiger charge is -2.06. The molecule has 1 aromatic carbocycles. The zero-order valence-corrected chi connectivity index (χ0v) is 9.58. The van der Waals surface area contributed by atoms with E-state index in [2.05, 4.69) is 4.98 Å². The minimum Gasteiger partial charge on any atom is -0.478 e. The van der Waals surface area contributed by atoms with Crippen LogP contribution in [0.2, 0.25) is 0 Å². The predicted octanol–water partition coefficient (Wildman–Crippen LogP) is 1.44. The molecule has 0 atom stereocenters. The number of hydrogen-bond acceptors (Lipinski definition) is 3. The number of carboxylic acids is 2. The second-order valence-corrected chi connectivity index (χ2v) is 3.82. The number of carbonyl (C=O) groups is 2. The molecule has 19 heavy (non-hydrogen) atoms. The Labute approximate surface area is 107 Å². The number of H-pyrrole nitrogens is 1. The summed E-state index contributed by atoms with van der Waals surface area (Å²) in [4.78, 5) is 35.5. The molecular formula is C13H9NO5. The Morgan fingerprint density at radius 1 is 1.05 bits per heavy atom. The highest BCUT2D eigenvalue weighted by atomic mass is 16.4. The second-order valence-electron chi connectivity index (χ2n) is 3.82. The Kier molecular flexibility index (Phi) is 3.15. The van der Waals surface area contributed by atoms with Gasteiger partial charge >= 0.3 is 11.9 Å². The number of rotatable bonds is 3. The number of carboxylic acid groups (broad SMARTS) is 2. The number of aromatic nitrogens is 1. The van der Waals surface area contributed by atoms with Gasteiger partial charge in [0.05, 0.1) is 11.1 Å². The van der Waals surface area contributed by atoms with Crippen molar-refractivity contribution >= 4 is 11.9 Å². The molecule has 0 aliphatic carbocycles. The van der Waals surface area contributed by atoms with E-state index >= 15 is 0 Å². The van der Waals surface area contributed by atoms with E-state index < -0.39 is 17.5 Å². The average molecular weight is 259 g/mol. The number of aromatic carboxylic acids is 2. The van der Waals surface area contributed by atoms with Crippen LogP contribution < -0.4 is 5.56 Å². The summed E-state index contributed by atoms with van der Waals surface area (Å²) in [5, 5.41) is 18.0. The first-order chi connectivity index (χ1) is 8.99. The Morgan fingerprint density at radius 3 is 2.42 bits per heavy atom. The van der Waals surface area contributed by atoms with E-state index in [9.17, 15) is 14.4 Å². The van der Waals surface area contributed by atoms with Crippen LogP contribution in [0, 0.1) is 0 Å². The first kappa shape index (κ1) is 12.6. The third-order valence-electron chi connectivity index (χ3n) is 2.58. The topological polar surface area (TPSA) is 107 Å².